The molecule has 0 aliphatic heterocycles. The summed E-state index contributed by atoms with van der Waals surface area (Å²) in [5, 5.41) is 2.98. The molecule has 0 aromatic heterocycles. The zero-order valence-corrected chi connectivity index (χ0v) is 16.1. The lowest BCUT2D eigenvalue weighted by molar-refractivity contribution is -0.170. The molecular formula is C20H32N2O3. The molecule has 5 nitrogen and oxygen atoms in total. The highest BCUT2D eigenvalue weighted by atomic mass is 16.5. The van der Waals surface area contributed by atoms with Crippen molar-refractivity contribution in [3.05, 3.63) is 29.8 Å². The summed E-state index contributed by atoms with van der Waals surface area (Å²) < 4.78 is 11.4. The Morgan fingerprint density at radius 2 is 2.12 bits per heavy atom. The van der Waals surface area contributed by atoms with Gasteiger partial charge in [0.15, 0.2) is 0 Å². The highest BCUT2D eigenvalue weighted by Crippen LogP contribution is 2.49. The fourth-order valence-corrected chi connectivity index (χ4v) is 3.17. The second kappa shape index (κ2) is 7.75. The molecule has 2 rings (SSSR count). The maximum atomic E-state index is 12.7. The molecule has 2 unspecified atom stereocenters. The quantitative estimate of drug-likeness (QED) is 0.758. The first-order chi connectivity index (χ1) is 11.7. The van der Waals surface area contributed by atoms with Crippen molar-refractivity contribution in [3.8, 4) is 5.75 Å². The van der Waals surface area contributed by atoms with E-state index in [1.54, 1.807) is 0 Å². The molecular weight excluding hydrogens is 316 g/mol. The first-order valence-corrected chi connectivity index (χ1v) is 9.11. The summed E-state index contributed by atoms with van der Waals surface area (Å²) in [4.78, 5) is 12.7. The standard InChI is InChI=1S/C20H32N2O3/c1-6-24-17-11-20(21,19(17,4)5)18(23)22-12-15-8-7-9-16(10-15)25-13-14(2)3/h7-10,14,17H,6,11-13,21H2,1-5H3,(H,22,23). The normalized spacial score (nSPS) is 24.7. The van der Waals surface area contributed by atoms with Gasteiger partial charge in [-0.2, -0.15) is 0 Å². The summed E-state index contributed by atoms with van der Waals surface area (Å²) in [6.45, 7) is 11.9. The Hall–Kier alpha value is -1.59. The molecule has 1 amide bonds. The van der Waals surface area contributed by atoms with Gasteiger partial charge in [-0.1, -0.05) is 39.8 Å². The average Bonchev–Trinajstić information content (AvgIpc) is 2.57. The van der Waals surface area contributed by atoms with E-state index in [2.05, 4.69) is 19.2 Å². The van der Waals surface area contributed by atoms with Crippen molar-refractivity contribution in [1.82, 2.24) is 5.32 Å². The summed E-state index contributed by atoms with van der Waals surface area (Å²) >= 11 is 0. The number of benzene rings is 1. The number of carbonyl (C=O) groups is 1. The molecule has 1 aromatic carbocycles. The molecule has 1 saturated carbocycles. The third kappa shape index (κ3) is 4.15. The number of ether oxygens (including phenoxy) is 2. The molecule has 1 aromatic rings. The molecule has 0 saturated heterocycles. The van der Waals surface area contributed by atoms with Crippen molar-refractivity contribution in [2.24, 2.45) is 17.1 Å². The van der Waals surface area contributed by atoms with E-state index in [-0.39, 0.29) is 17.4 Å². The van der Waals surface area contributed by atoms with Gasteiger partial charge in [-0.15, -0.1) is 0 Å². The van der Waals surface area contributed by atoms with Gasteiger partial charge in [-0.25, -0.2) is 0 Å². The van der Waals surface area contributed by atoms with Crippen LogP contribution in [0.15, 0.2) is 24.3 Å². The number of rotatable bonds is 8. The van der Waals surface area contributed by atoms with Crippen molar-refractivity contribution in [2.45, 2.75) is 59.2 Å². The Balaban J connectivity index is 1.93. The molecule has 1 aliphatic rings. The fraction of sp³-hybridized carbons (Fsp3) is 0.650. The molecule has 2 atom stereocenters. The third-order valence-corrected chi connectivity index (χ3v) is 5.17. The zero-order chi connectivity index (χ0) is 18.7. The smallest absolute Gasteiger partial charge is 0.241 e. The van der Waals surface area contributed by atoms with E-state index in [1.165, 1.54) is 0 Å². The lowest BCUT2D eigenvalue weighted by Crippen LogP contribution is -2.75. The summed E-state index contributed by atoms with van der Waals surface area (Å²) in [6.07, 6.45) is 0.582. The largest absolute Gasteiger partial charge is 0.493 e. The Kier molecular flexibility index (Phi) is 6.12. The van der Waals surface area contributed by atoms with Gasteiger partial charge in [0, 0.05) is 25.0 Å². The van der Waals surface area contributed by atoms with Crippen LogP contribution in [0.3, 0.4) is 0 Å². The fourth-order valence-electron chi connectivity index (χ4n) is 3.17. The molecule has 25 heavy (non-hydrogen) atoms. The number of hydrogen-bond acceptors (Lipinski definition) is 4. The van der Waals surface area contributed by atoms with Crippen LogP contribution in [0.5, 0.6) is 5.75 Å². The molecule has 0 bridgehead atoms. The Morgan fingerprint density at radius 1 is 1.40 bits per heavy atom. The van der Waals surface area contributed by atoms with Crippen LogP contribution in [-0.4, -0.2) is 30.8 Å². The maximum absolute atomic E-state index is 12.7. The lowest BCUT2D eigenvalue weighted by atomic mass is 9.54. The second-order valence-electron chi connectivity index (χ2n) is 7.88. The minimum Gasteiger partial charge on any atom is -0.493 e. The van der Waals surface area contributed by atoms with E-state index >= 15 is 0 Å². The van der Waals surface area contributed by atoms with Crippen LogP contribution >= 0.6 is 0 Å². The molecule has 3 N–H and O–H groups in total. The predicted octanol–water partition coefficient (Wildman–Crippen LogP) is 2.87. The number of amides is 1. The van der Waals surface area contributed by atoms with E-state index < -0.39 is 5.54 Å². The first kappa shape index (κ1) is 19.7. The number of hydrogen-bond donors (Lipinski definition) is 2. The Morgan fingerprint density at radius 3 is 2.72 bits per heavy atom. The molecule has 0 heterocycles. The van der Waals surface area contributed by atoms with Crippen molar-refractivity contribution in [2.75, 3.05) is 13.2 Å². The third-order valence-electron chi connectivity index (χ3n) is 5.17. The second-order valence-corrected chi connectivity index (χ2v) is 7.88. The van der Waals surface area contributed by atoms with Gasteiger partial charge < -0.3 is 20.5 Å². The van der Waals surface area contributed by atoms with Crippen molar-refractivity contribution in [1.29, 1.82) is 0 Å². The van der Waals surface area contributed by atoms with Crippen LogP contribution in [0.25, 0.3) is 0 Å². The molecule has 5 heteroatoms. The topological polar surface area (TPSA) is 73.6 Å². The summed E-state index contributed by atoms with van der Waals surface area (Å²) in [6, 6.07) is 7.80. The molecule has 0 spiro atoms. The van der Waals surface area contributed by atoms with Gasteiger partial charge in [0.2, 0.25) is 5.91 Å². The highest BCUT2D eigenvalue weighted by molar-refractivity contribution is 5.88. The van der Waals surface area contributed by atoms with Crippen LogP contribution in [0.2, 0.25) is 0 Å². The Bertz CT molecular complexity index is 600. The van der Waals surface area contributed by atoms with Crippen LogP contribution < -0.4 is 15.8 Å². The maximum Gasteiger partial charge on any atom is 0.241 e. The van der Waals surface area contributed by atoms with Crippen molar-refractivity contribution < 1.29 is 14.3 Å². The molecule has 1 fully saturated rings. The van der Waals surface area contributed by atoms with E-state index in [0.717, 1.165) is 11.3 Å². The Labute approximate surface area is 151 Å². The van der Waals surface area contributed by atoms with Gasteiger partial charge in [-0.05, 0) is 30.5 Å². The minimum absolute atomic E-state index is 0.0287. The van der Waals surface area contributed by atoms with Crippen molar-refractivity contribution in [3.63, 3.8) is 0 Å². The van der Waals surface area contributed by atoms with Gasteiger partial charge in [0.1, 0.15) is 11.3 Å². The van der Waals surface area contributed by atoms with E-state index in [0.29, 0.717) is 32.1 Å². The van der Waals surface area contributed by atoms with Gasteiger partial charge in [-0.3, -0.25) is 4.79 Å². The van der Waals surface area contributed by atoms with E-state index in [9.17, 15) is 4.79 Å². The van der Waals surface area contributed by atoms with E-state index in [4.69, 9.17) is 15.2 Å². The molecule has 1 aliphatic carbocycles. The SMILES string of the molecule is CCOC1CC(N)(C(=O)NCc2cccc(OCC(C)C)c2)C1(C)C. The zero-order valence-electron chi connectivity index (χ0n) is 16.1. The number of nitrogens with two attached hydrogens (primary N) is 1. The number of carbonyl (C=O) groups excluding carboxylic acids is 1. The predicted molar refractivity (Wildman–Crippen MR) is 99.4 cm³/mol. The highest BCUT2D eigenvalue weighted by Gasteiger charge is 2.62. The minimum atomic E-state index is -0.890. The molecule has 140 valence electrons. The van der Waals surface area contributed by atoms with Crippen LogP contribution in [0.1, 0.15) is 46.6 Å². The monoisotopic (exact) mass is 348 g/mol. The molecule has 0 radical (unpaired) electrons. The summed E-state index contributed by atoms with van der Waals surface area (Å²) in [5.41, 5.74) is 6.13. The first-order valence-electron chi connectivity index (χ1n) is 9.11. The van der Waals surface area contributed by atoms with Crippen molar-refractivity contribution >= 4 is 5.91 Å². The van der Waals surface area contributed by atoms with Crippen LogP contribution in [0.4, 0.5) is 0 Å². The lowest BCUT2D eigenvalue weighted by Gasteiger charge is -2.57. The van der Waals surface area contributed by atoms with Gasteiger partial charge in [0.05, 0.1) is 12.7 Å². The summed E-state index contributed by atoms with van der Waals surface area (Å²) in [5.74, 6) is 1.17. The van der Waals surface area contributed by atoms with Gasteiger partial charge in [0.25, 0.3) is 0 Å². The summed E-state index contributed by atoms with van der Waals surface area (Å²) in [7, 11) is 0. The number of nitrogens with one attached hydrogen (secondary N) is 1. The van der Waals surface area contributed by atoms with E-state index in [1.807, 2.05) is 45.0 Å². The van der Waals surface area contributed by atoms with Crippen LogP contribution in [-0.2, 0) is 16.1 Å². The van der Waals surface area contributed by atoms with Gasteiger partial charge >= 0.3 is 0 Å². The van der Waals surface area contributed by atoms with Crippen LogP contribution in [0, 0.1) is 11.3 Å². The average molecular weight is 348 g/mol.